The van der Waals surface area contributed by atoms with E-state index in [1.807, 2.05) is 43.3 Å². The summed E-state index contributed by atoms with van der Waals surface area (Å²) in [7, 11) is 0. The summed E-state index contributed by atoms with van der Waals surface area (Å²) in [5, 5.41) is 3.05. The summed E-state index contributed by atoms with van der Waals surface area (Å²) >= 11 is 0. The fourth-order valence-corrected chi connectivity index (χ4v) is 2.74. The zero-order valence-electron chi connectivity index (χ0n) is 15.6. The lowest BCUT2D eigenvalue weighted by Crippen LogP contribution is -2.05. The highest BCUT2D eigenvalue weighted by Crippen LogP contribution is 2.19. The Hall–Kier alpha value is -3.66. The molecule has 4 heteroatoms. The Kier molecular flexibility index (Phi) is 6.37. The highest BCUT2D eigenvalue weighted by molar-refractivity contribution is 6.12. The molecule has 0 heterocycles. The van der Waals surface area contributed by atoms with Gasteiger partial charge in [-0.2, -0.15) is 0 Å². The van der Waals surface area contributed by atoms with E-state index < -0.39 is 0 Å². The minimum absolute atomic E-state index is 0.0741. The number of carbonyl (C=O) groups excluding carboxylic acids is 2. The normalized spacial score (nSPS) is 10.6. The van der Waals surface area contributed by atoms with E-state index >= 15 is 0 Å². The van der Waals surface area contributed by atoms with Crippen LogP contribution in [0.3, 0.4) is 0 Å². The van der Waals surface area contributed by atoms with Crippen molar-refractivity contribution in [1.29, 1.82) is 0 Å². The van der Waals surface area contributed by atoms with Gasteiger partial charge in [-0.3, -0.25) is 9.59 Å². The maximum absolute atomic E-state index is 12.7. The first kappa shape index (κ1) is 19.1. The number of allylic oxidation sites excluding steroid dienone is 1. The van der Waals surface area contributed by atoms with E-state index in [1.54, 1.807) is 48.7 Å². The number of hydrogen-bond acceptors (Lipinski definition) is 4. The van der Waals surface area contributed by atoms with Crippen molar-refractivity contribution >= 4 is 17.3 Å². The van der Waals surface area contributed by atoms with Gasteiger partial charge >= 0.3 is 0 Å². The van der Waals surface area contributed by atoms with Crippen LogP contribution in [0.25, 0.3) is 0 Å². The van der Waals surface area contributed by atoms with Crippen LogP contribution in [-0.2, 0) is 0 Å². The minimum Gasteiger partial charge on any atom is -0.494 e. The quantitative estimate of drug-likeness (QED) is 0.441. The van der Waals surface area contributed by atoms with Gasteiger partial charge in [0.25, 0.3) is 0 Å². The zero-order valence-corrected chi connectivity index (χ0v) is 15.6. The number of carbonyl (C=O) groups is 2. The van der Waals surface area contributed by atoms with Gasteiger partial charge in [-0.05, 0) is 43.3 Å². The molecule has 0 aliphatic heterocycles. The summed E-state index contributed by atoms with van der Waals surface area (Å²) < 4.78 is 5.38. The molecule has 0 fully saturated rings. The summed E-state index contributed by atoms with van der Waals surface area (Å²) in [6, 6.07) is 23.3. The number of rotatable bonds is 8. The van der Waals surface area contributed by atoms with E-state index in [1.165, 1.54) is 6.08 Å². The molecular weight excluding hydrogens is 350 g/mol. The molecule has 0 aliphatic rings. The largest absolute Gasteiger partial charge is 0.494 e. The van der Waals surface area contributed by atoms with Crippen LogP contribution in [0.5, 0.6) is 5.75 Å². The summed E-state index contributed by atoms with van der Waals surface area (Å²) in [4.78, 5) is 25.0. The van der Waals surface area contributed by atoms with Gasteiger partial charge < -0.3 is 10.1 Å². The average molecular weight is 371 g/mol. The van der Waals surface area contributed by atoms with Crippen molar-refractivity contribution in [3.63, 3.8) is 0 Å². The van der Waals surface area contributed by atoms with Crippen LogP contribution < -0.4 is 10.1 Å². The number of nitrogens with one attached hydrogen (secondary N) is 1. The third kappa shape index (κ3) is 4.74. The van der Waals surface area contributed by atoms with Crippen molar-refractivity contribution in [2.24, 2.45) is 0 Å². The van der Waals surface area contributed by atoms with E-state index in [2.05, 4.69) is 5.32 Å². The Bertz CT molecular complexity index is 976. The molecule has 0 saturated carbocycles. The van der Waals surface area contributed by atoms with Gasteiger partial charge in [0.15, 0.2) is 11.6 Å². The topological polar surface area (TPSA) is 55.4 Å². The third-order valence-corrected chi connectivity index (χ3v) is 4.13. The van der Waals surface area contributed by atoms with Crippen LogP contribution in [0.15, 0.2) is 91.1 Å². The molecule has 4 nitrogen and oxygen atoms in total. The van der Waals surface area contributed by atoms with Gasteiger partial charge in [0.05, 0.1) is 6.61 Å². The van der Waals surface area contributed by atoms with Crippen molar-refractivity contribution in [3.05, 3.63) is 108 Å². The fourth-order valence-electron chi connectivity index (χ4n) is 2.74. The highest BCUT2D eigenvalue weighted by Gasteiger charge is 2.12. The summed E-state index contributed by atoms with van der Waals surface area (Å²) in [5.74, 6) is 0.520. The first-order chi connectivity index (χ1) is 13.7. The number of para-hydroxylation sites is 1. The fraction of sp³-hybridized carbons (Fsp3) is 0.0833. The monoisotopic (exact) mass is 371 g/mol. The first-order valence-electron chi connectivity index (χ1n) is 9.08. The highest BCUT2D eigenvalue weighted by atomic mass is 16.5. The molecular formula is C24H21NO3. The molecule has 0 amide bonds. The van der Waals surface area contributed by atoms with Gasteiger partial charge in [0.2, 0.25) is 0 Å². The predicted octanol–water partition coefficient (Wildman–Crippen LogP) is 5.12. The lowest BCUT2D eigenvalue weighted by Gasteiger charge is -2.08. The van der Waals surface area contributed by atoms with E-state index in [0.29, 0.717) is 29.0 Å². The Balaban J connectivity index is 1.70. The lowest BCUT2D eigenvalue weighted by atomic mass is 10.0. The molecule has 3 aromatic rings. The van der Waals surface area contributed by atoms with Gasteiger partial charge in [-0.15, -0.1) is 0 Å². The molecule has 0 atom stereocenters. The van der Waals surface area contributed by atoms with Crippen LogP contribution in [0, 0.1) is 0 Å². The SMILES string of the molecule is CCOc1ccc(C(=O)/C=C/Nc2ccccc2C(=O)c2ccccc2)cc1. The van der Waals surface area contributed by atoms with Crippen LogP contribution in [0.2, 0.25) is 0 Å². The molecule has 0 spiro atoms. The Labute approximate surface area is 164 Å². The predicted molar refractivity (Wildman–Crippen MR) is 111 cm³/mol. The molecule has 0 radical (unpaired) electrons. The molecule has 0 saturated heterocycles. The number of benzene rings is 3. The minimum atomic E-state index is -0.137. The van der Waals surface area contributed by atoms with Gasteiger partial charge in [0, 0.05) is 34.7 Å². The van der Waals surface area contributed by atoms with Crippen molar-refractivity contribution in [1.82, 2.24) is 0 Å². The van der Waals surface area contributed by atoms with Gasteiger partial charge in [0.1, 0.15) is 5.75 Å². The van der Waals surface area contributed by atoms with E-state index in [9.17, 15) is 9.59 Å². The molecule has 0 bridgehead atoms. The standard InChI is InChI=1S/C24H21NO3/c1-2-28-20-14-12-18(13-15-20)23(26)16-17-25-22-11-7-6-10-21(22)24(27)19-8-4-3-5-9-19/h3-17,25H,2H2,1H3/b17-16+. The molecule has 1 N–H and O–H groups in total. The average Bonchev–Trinajstić information content (AvgIpc) is 2.75. The second kappa shape index (κ2) is 9.33. The van der Waals surface area contributed by atoms with Gasteiger partial charge in [-0.25, -0.2) is 0 Å². The van der Waals surface area contributed by atoms with E-state index in [0.717, 1.165) is 5.75 Å². The Morgan fingerprint density at radius 3 is 2.25 bits per heavy atom. The third-order valence-electron chi connectivity index (χ3n) is 4.13. The number of ether oxygens (including phenoxy) is 1. The maximum Gasteiger partial charge on any atom is 0.195 e. The van der Waals surface area contributed by atoms with Crippen LogP contribution in [0.4, 0.5) is 5.69 Å². The molecule has 140 valence electrons. The Morgan fingerprint density at radius 2 is 1.54 bits per heavy atom. The summed E-state index contributed by atoms with van der Waals surface area (Å²) in [5.41, 5.74) is 2.38. The molecule has 3 aromatic carbocycles. The van der Waals surface area contributed by atoms with Crippen molar-refractivity contribution in [2.75, 3.05) is 11.9 Å². The molecule has 28 heavy (non-hydrogen) atoms. The maximum atomic E-state index is 12.7. The zero-order chi connectivity index (χ0) is 19.8. The summed E-state index contributed by atoms with van der Waals surface area (Å²) in [6.45, 7) is 2.49. The molecule has 3 rings (SSSR count). The second-order valence-electron chi connectivity index (χ2n) is 6.04. The van der Waals surface area contributed by atoms with Crippen LogP contribution in [-0.4, -0.2) is 18.2 Å². The summed E-state index contributed by atoms with van der Waals surface area (Å²) in [6.07, 6.45) is 3.00. The Morgan fingerprint density at radius 1 is 0.857 bits per heavy atom. The van der Waals surface area contributed by atoms with Gasteiger partial charge in [-0.1, -0.05) is 42.5 Å². The number of hydrogen-bond donors (Lipinski definition) is 1. The van der Waals surface area contributed by atoms with Crippen LogP contribution in [0.1, 0.15) is 33.2 Å². The lowest BCUT2D eigenvalue weighted by molar-refractivity contribution is 0.103. The smallest absolute Gasteiger partial charge is 0.195 e. The molecule has 0 aliphatic carbocycles. The number of ketones is 2. The van der Waals surface area contributed by atoms with Crippen LogP contribution >= 0.6 is 0 Å². The van der Waals surface area contributed by atoms with E-state index in [4.69, 9.17) is 4.74 Å². The second-order valence-corrected chi connectivity index (χ2v) is 6.04. The van der Waals surface area contributed by atoms with Crippen molar-refractivity contribution in [2.45, 2.75) is 6.92 Å². The molecule has 0 aromatic heterocycles. The van der Waals surface area contributed by atoms with Crippen molar-refractivity contribution < 1.29 is 14.3 Å². The van der Waals surface area contributed by atoms with Crippen molar-refractivity contribution in [3.8, 4) is 5.75 Å². The molecule has 0 unspecified atom stereocenters. The number of anilines is 1. The van der Waals surface area contributed by atoms with E-state index in [-0.39, 0.29) is 11.6 Å². The first-order valence-corrected chi connectivity index (χ1v) is 9.08.